The highest BCUT2D eigenvalue weighted by atomic mass is 16.1. The van der Waals surface area contributed by atoms with E-state index in [0.29, 0.717) is 6.42 Å². The molecule has 1 aliphatic carbocycles. The molecule has 1 aliphatic rings. The summed E-state index contributed by atoms with van der Waals surface area (Å²) in [6.45, 7) is 14.0. The van der Waals surface area contributed by atoms with E-state index in [-0.39, 0.29) is 12.6 Å². The normalized spacial score (nSPS) is 13.7. The maximum atomic E-state index is 12.3. The second-order valence-electron chi connectivity index (χ2n) is 6.39. The van der Waals surface area contributed by atoms with Gasteiger partial charge in [0.25, 0.3) is 0 Å². The van der Waals surface area contributed by atoms with E-state index >= 15 is 0 Å². The number of rotatable bonds is 5. The van der Waals surface area contributed by atoms with Gasteiger partial charge in [-0.25, -0.2) is 0 Å². The molecule has 0 saturated carbocycles. The summed E-state index contributed by atoms with van der Waals surface area (Å²) in [5.41, 5.74) is 9.62. The summed E-state index contributed by atoms with van der Waals surface area (Å²) in [7, 11) is 0. The Hall–Kier alpha value is -1.41. The Kier molecular flexibility index (Phi) is 10.5. The number of ketones is 1. The predicted molar refractivity (Wildman–Crippen MR) is 109 cm³/mol. The second kappa shape index (κ2) is 11.2. The molecule has 0 aromatic heterocycles. The molecule has 1 unspecified atom stereocenters. The lowest BCUT2D eigenvalue weighted by molar-refractivity contribution is -0.128. The molecular weight excluding hydrogens is 294 g/mol. The van der Waals surface area contributed by atoms with Crippen molar-refractivity contribution >= 4 is 11.9 Å². The van der Waals surface area contributed by atoms with Crippen LogP contribution in [0.3, 0.4) is 0 Å². The number of fused-ring (bicyclic) bond motifs is 1. The van der Waals surface area contributed by atoms with Gasteiger partial charge in [-0.05, 0) is 42.4 Å². The van der Waals surface area contributed by atoms with Crippen LogP contribution in [0.4, 0.5) is 0 Å². The highest BCUT2D eigenvalue weighted by Crippen LogP contribution is 2.25. The summed E-state index contributed by atoms with van der Waals surface area (Å²) in [6.07, 6.45) is 8.06. The lowest BCUT2D eigenvalue weighted by atomic mass is 9.80. The maximum Gasteiger partial charge on any atom is 0.155 e. The monoisotopic (exact) mass is 333 g/mol. The fraction of sp³-hybridized carbons (Fsp3) is 0.591. The zero-order chi connectivity index (χ0) is 18.8. The van der Waals surface area contributed by atoms with Crippen molar-refractivity contribution in [2.24, 2.45) is 11.1 Å². The Balaban J connectivity index is 0. The number of aryl methyl sites for hydroxylation is 1. The highest BCUT2D eigenvalue weighted by Gasteiger charge is 2.30. The van der Waals surface area contributed by atoms with Gasteiger partial charge in [-0.2, -0.15) is 0 Å². The minimum absolute atomic E-state index is 0. The van der Waals surface area contributed by atoms with Crippen LogP contribution in [-0.2, 0) is 17.6 Å². The minimum Gasteiger partial charge on any atom is -0.321 e. The number of carbonyl (C=O) groups excluding carboxylic acids is 1. The molecule has 138 valence electrons. The van der Waals surface area contributed by atoms with E-state index in [1.165, 1.54) is 11.1 Å². The first-order chi connectivity index (χ1) is 11.4. The fourth-order valence-corrected chi connectivity index (χ4v) is 2.63. The van der Waals surface area contributed by atoms with Crippen LogP contribution < -0.4 is 5.73 Å². The molecule has 0 bridgehead atoms. The van der Waals surface area contributed by atoms with Gasteiger partial charge in [0.05, 0.1) is 6.04 Å². The van der Waals surface area contributed by atoms with Gasteiger partial charge >= 0.3 is 0 Å². The smallest absolute Gasteiger partial charge is 0.155 e. The van der Waals surface area contributed by atoms with Crippen LogP contribution >= 0.6 is 0 Å². The van der Waals surface area contributed by atoms with E-state index < -0.39 is 6.04 Å². The van der Waals surface area contributed by atoms with Crippen LogP contribution in [-0.4, -0.2) is 11.8 Å². The van der Waals surface area contributed by atoms with E-state index in [2.05, 4.69) is 30.4 Å². The molecule has 2 nitrogen and oxygen atoms in total. The van der Waals surface area contributed by atoms with Crippen molar-refractivity contribution in [3.05, 3.63) is 41.0 Å². The Morgan fingerprint density at radius 3 is 2.46 bits per heavy atom. The third-order valence-corrected chi connectivity index (χ3v) is 4.43. The van der Waals surface area contributed by atoms with E-state index in [0.717, 1.165) is 24.8 Å². The predicted octanol–water partition coefficient (Wildman–Crippen LogP) is 5.82. The SMILES string of the molecule is CC.CC.CCC(C)(C)C(=O)C(N)Cc1ccc2c(c1)C=CCC2.[HH]. The summed E-state index contributed by atoms with van der Waals surface area (Å²) in [6, 6.07) is 6.06. The molecule has 24 heavy (non-hydrogen) atoms. The third kappa shape index (κ3) is 6.24. The molecule has 0 fully saturated rings. The topological polar surface area (TPSA) is 43.1 Å². The average Bonchev–Trinajstić information content (AvgIpc) is 2.64. The molecule has 1 aromatic carbocycles. The number of hydrogen-bond acceptors (Lipinski definition) is 2. The lowest BCUT2D eigenvalue weighted by Gasteiger charge is -2.25. The van der Waals surface area contributed by atoms with E-state index in [1.807, 2.05) is 48.5 Å². The average molecular weight is 334 g/mol. The first kappa shape index (κ1) is 22.6. The molecule has 2 N–H and O–H groups in total. The first-order valence-electron chi connectivity index (χ1n) is 9.52. The Labute approximate surface area is 151 Å². The summed E-state index contributed by atoms with van der Waals surface area (Å²) in [5.74, 6) is 0.160. The number of benzene rings is 1. The molecule has 1 atom stereocenters. The molecule has 0 amide bonds. The summed E-state index contributed by atoms with van der Waals surface area (Å²) in [4.78, 5) is 12.3. The zero-order valence-electron chi connectivity index (χ0n) is 16.8. The van der Waals surface area contributed by atoms with Crippen molar-refractivity contribution < 1.29 is 6.22 Å². The number of allylic oxidation sites excluding steroid dienone is 1. The standard InChI is InChI=1S/C18H25NO.2C2H6.H2/c1-4-18(2,3)17(20)16(19)12-13-9-10-14-7-5-6-8-15(14)11-13;2*1-2;/h6,8-11,16H,4-5,7,12,19H2,1-3H3;2*1-2H3;1H. The molecule has 0 spiro atoms. The Morgan fingerprint density at radius 1 is 1.25 bits per heavy atom. The largest absolute Gasteiger partial charge is 0.321 e. The molecular formula is C22H39NO. The maximum absolute atomic E-state index is 12.3. The molecule has 2 rings (SSSR count). The van der Waals surface area contributed by atoms with Gasteiger partial charge in [0.1, 0.15) is 0 Å². The van der Waals surface area contributed by atoms with Gasteiger partial charge in [-0.1, -0.05) is 78.8 Å². The summed E-state index contributed by atoms with van der Waals surface area (Å²) < 4.78 is 0. The Bertz CT molecular complexity index is 535. The molecule has 0 heterocycles. The van der Waals surface area contributed by atoms with Crippen LogP contribution in [0.1, 0.15) is 79.4 Å². The van der Waals surface area contributed by atoms with Crippen LogP contribution in [0.15, 0.2) is 24.3 Å². The van der Waals surface area contributed by atoms with Crippen LogP contribution in [0, 0.1) is 5.41 Å². The number of Topliss-reactive ketones (excluding diaryl/α,β-unsaturated/α-hetero) is 1. The van der Waals surface area contributed by atoms with Crippen LogP contribution in [0.2, 0.25) is 0 Å². The van der Waals surface area contributed by atoms with Crippen molar-refractivity contribution in [2.75, 3.05) is 0 Å². The van der Waals surface area contributed by atoms with Gasteiger partial charge in [-0.3, -0.25) is 4.79 Å². The van der Waals surface area contributed by atoms with Crippen molar-refractivity contribution in [3.8, 4) is 0 Å². The minimum atomic E-state index is -0.407. The van der Waals surface area contributed by atoms with Crippen molar-refractivity contribution in [2.45, 2.75) is 80.2 Å². The van der Waals surface area contributed by atoms with Gasteiger partial charge < -0.3 is 5.73 Å². The van der Waals surface area contributed by atoms with Gasteiger partial charge in [0, 0.05) is 6.84 Å². The Morgan fingerprint density at radius 2 is 1.88 bits per heavy atom. The number of hydrogen-bond donors (Lipinski definition) is 1. The quantitative estimate of drug-likeness (QED) is 0.737. The zero-order valence-corrected chi connectivity index (χ0v) is 16.8. The van der Waals surface area contributed by atoms with Gasteiger partial charge in [0.15, 0.2) is 5.78 Å². The van der Waals surface area contributed by atoms with E-state index in [4.69, 9.17) is 5.73 Å². The lowest BCUT2D eigenvalue weighted by Crippen LogP contribution is -2.41. The molecule has 0 saturated heterocycles. The van der Waals surface area contributed by atoms with Crippen LogP contribution in [0.5, 0.6) is 0 Å². The second-order valence-corrected chi connectivity index (χ2v) is 6.39. The van der Waals surface area contributed by atoms with Crippen LogP contribution in [0.25, 0.3) is 6.08 Å². The third-order valence-electron chi connectivity index (χ3n) is 4.43. The highest BCUT2D eigenvalue weighted by molar-refractivity contribution is 5.89. The van der Waals surface area contributed by atoms with Crippen molar-refractivity contribution in [1.82, 2.24) is 0 Å². The van der Waals surface area contributed by atoms with Crippen molar-refractivity contribution in [3.63, 3.8) is 0 Å². The van der Waals surface area contributed by atoms with Crippen molar-refractivity contribution in [1.29, 1.82) is 0 Å². The molecule has 2 heteroatoms. The first-order valence-corrected chi connectivity index (χ1v) is 9.52. The van der Waals surface area contributed by atoms with Gasteiger partial charge in [-0.15, -0.1) is 0 Å². The molecule has 1 aromatic rings. The van der Waals surface area contributed by atoms with Gasteiger partial charge in [0.2, 0.25) is 0 Å². The fourth-order valence-electron chi connectivity index (χ4n) is 2.63. The number of nitrogens with two attached hydrogens (primary N) is 1. The summed E-state index contributed by atoms with van der Waals surface area (Å²) >= 11 is 0. The summed E-state index contributed by atoms with van der Waals surface area (Å²) in [5, 5.41) is 0. The molecule has 0 aliphatic heterocycles. The van der Waals surface area contributed by atoms with E-state index in [1.54, 1.807) is 0 Å². The number of carbonyl (C=O) groups is 1. The van der Waals surface area contributed by atoms with E-state index in [9.17, 15) is 4.79 Å². The molecule has 0 radical (unpaired) electrons.